The molecule has 0 saturated carbocycles. The van der Waals surface area contributed by atoms with Crippen molar-refractivity contribution in [3.05, 3.63) is 59.8 Å². The van der Waals surface area contributed by atoms with Crippen molar-refractivity contribution in [1.82, 2.24) is 15.0 Å². The molecule has 2 aromatic heterocycles. The van der Waals surface area contributed by atoms with Crippen molar-refractivity contribution in [2.24, 2.45) is 0 Å². The van der Waals surface area contributed by atoms with Crippen molar-refractivity contribution in [3.8, 4) is 11.4 Å². The Labute approximate surface area is 120 Å². The zero-order valence-corrected chi connectivity index (χ0v) is 11.2. The molecule has 0 bridgehead atoms. The minimum Gasteiger partial charge on any atom is -0.338 e. The lowest BCUT2D eigenvalue weighted by Gasteiger charge is -1.99. The molecule has 0 radical (unpaired) electrons. The van der Waals surface area contributed by atoms with Crippen LogP contribution in [0.3, 0.4) is 0 Å². The van der Waals surface area contributed by atoms with Gasteiger partial charge in [-0.25, -0.2) is 4.98 Å². The number of halogens is 1. The SMILES string of the molecule is Clc1ccc2nc(-c3ccc4cccnc4c3)[nH]c2c1. The smallest absolute Gasteiger partial charge is 0.138 e. The van der Waals surface area contributed by atoms with E-state index in [-0.39, 0.29) is 0 Å². The lowest BCUT2D eigenvalue weighted by molar-refractivity contribution is 1.33. The van der Waals surface area contributed by atoms with E-state index in [1.54, 1.807) is 6.20 Å². The second-order valence-corrected chi connectivity index (χ2v) is 5.09. The number of imidazole rings is 1. The maximum atomic E-state index is 5.99. The first-order chi connectivity index (χ1) is 9.79. The van der Waals surface area contributed by atoms with Crippen molar-refractivity contribution in [3.63, 3.8) is 0 Å². The third-order valence-electron chi connectivity index (χ3n) is 3.32. The van der Waals surface area contributed by atoms with Crippen LogP contribution in [0.5, 0.6) is 0 Å². The van der Waals surface area contributed by atoms with Crippen LogP contribution >= 0.6 is 11.6 Å². The number of nitrogens with zero attached hydrogens (tertiary/aromatic N) is 2. The van der Waals surface area contributed by atoms with Crippen molar-refractivity contribution in [2.75, 3.05) is 0 Å². The molecular formula is C16H10ClN3. The third-order valence-corrected chi connectivity index (χ3v) is 3.56. The normalized spacial score (nSPS) is 11.2. The van der Waals surface area contributed by atoms with Gasteiger partial charge in [-0.05, 0) is 30.3 Å². The predicted octanol–water partition coefficient (Wildman–Crippen LogP) is 4.43. The van der Waals surface area contributed by atoms with Crippen LogP contribution < -0.4 is 0 Å². The lowest BCUT2D eigenvalue weighted by Crippen LogP contribution is -1.82. The van der Waals surface area contributed by atoms with E-state index >= 15 is 0 Å². The molecule has 20 heavy (non-hydrogen) atoms. The van der Waals surface area contributed by atoms with Gasteiger partial charge >= 0.3 is 0 Å². The van der Waals surface area contributed by atoms with Crippen LogP contribution in [0.1, 0.15) is 0 Å². The minimum atomic E-state index is 0.702. The summed E-state index contributed by atoms with van der Waals surface area (Å²) in [4.78, 5) is 12.3. The Morgan fingerprint density at radius 3 is 2.85 bits per heavy atom. The van der Waals surface area contributed by atoms with Crippen molar-refractivity contribution < 1.29 is 0 Å². The van der Waals surface area contributed by atoms with Gasteiger partial charge < -0.3 is 4.98 Å². The average molecular weight is 280 g/mol. The first-order valence-corrected chi connectivity index (χ1v) is 6.68. The van der Waals surface area contributed by atoms with Crippen molar-refractivity contribution in [1.29, 1.82) is 0 Å². The molecule has 0 saturated heterocycles. The molecule has 0 aliphatic rings. The van der Waals surface area contributed by atoms with Gasteiger partial charge in [0, 0.05) is 22.2 Å². The van der Waals surface area contributed by atoms with Gasteiger partial charge in [0.25, 0.3) is 0 Å². The van der Waals surface area contributed by atoms with Crippen LogP contribution in [-0.4, -0.2) is 15.0 Å². The molecule has 4 rings (SSSR count). The lowest BCUT2D eigenvalue weighted by atomic mass is 10.1. The number of hydrogen-bond donors (Lipinski definition) is 1. The number of hydrogen-bond acceptors (Lipinski definition) is 2. The summed E-state index contributed by atoms with van der Waals surface area (Å²) < 4.78 is 0. The summed E-state index contributed by atoms with van der Waals surface area (Å²) in [5.41, 5.74) is 3.83. The van der Waals surface area contributed by atoms with Gasteiger partial charge in [-0.15, -0.1) is 0 Å². The molecule has 4 heteroatoms. The fraction of sp³-hybridized carbons (Fsp3) is 0. The number of aromatic nitrogens is 3. The highest BCUT2D eigenvalue weighted by atomic mass is 35.5. The van der Waals surface area contributed by atoms with Gasteiger partial charge in [-0.2, -0.15) is 0 Å². The fourth-order valence-electron chi connectivity index (χ4n) is 2.33. The van der Waals surface area contributed by atoms with E-state index in [0.717, 1.165) is 33.3 Å². The van der Waals surface area contributed by atoms with Crippen LogP contribution in [0.15, 0.2) is 54.7 Å². The molecule has 3 nitrogen and oxygen atoms in total. The van der Waals surface area contributed by atoms with Crippen LogP contribution in [0.25, 0.3) is 33.3 Å². The maximum Gasteiger partial charge on any atom is 0.138 e. The second kappa shape index (κ2) is 4.32. The molecule has 0 aliphatic heterocycles. The zero-order chi connectivity index (χ0) is 13.5. The largest absolute Gasteiger partial charge is 0.338 e. The monoisotopic (exact) mass is 279 g/mol. The summed E-state index contributed by atoms with van der Waals surface area (Å²) in [6.45, 7) is 0. The highest BCUT2D eigenvalue weighted by molar-refractivity contribution is 6.31. The van der Waals surface area contributed by atoms with Crippen molar-refractivity contribution in [2.45, 2.75) is 0 Å². The molecule has 0 fully saturated rings. The molecule has 4 aromatic rings. The summed E-state index contributed by atoms with van der Waals surface area (Å²) in [5.74, 6) is 0.829. The van der Waals surface area contributed by atoms with E-state index in [1.807, 2.05) is 42.5 Å². The van der Waals surface area contributed by atoms with Gasteiger partial charge in [-0.1, -0.05) is 29.8 Å². The first-order valence-electron chi connectivity index (χ1n) is 6.30. The molecule has 2 aromatic carbocycles. The predicted molar refractivity (Wildman–Crippen MR) is 81.8 cm³/mol. The molecule has 0 atom stereocenters. The zero-order valence-electron chi connectivity index (χ0n) is 10.5. The first kappa shape index (κ1) is 11.4. The van der Waals surface area contributed by atoms with E-state index < -0.39 is 0 Å². The Balaban J connectivity index is 1.91. The molecule has 0 amide bonds. The number of H-pyrrole nitrogens is 1. The Bertz CT molecular complexity index is 927. The van der Waals surface area contributed by atoms with E-state index in [1.165, 1.54) is 0 Å². The molecule has 2 heterocycles. The second-order valence-electron chi connectivity index (χ2n) is 4.66. The molecule has 0 spiro atoms. The topological polar surface area (TPSA) is 41.6 Å². The number of pyridine rings is 1. The van der Waals surface area contributed by atoms with Gasteiger partial charge in [0.2, 0.25) is 0 Å². The number of fused-ring (bicyclic) bond motifs is 2. The quantitative estimate of drug-likeness (QED) is 0.560. The molecule has 1 N–H and O–H groups in total. The standard InChI is InChI=1S/C16H10ClN3/c17-12-5-6-13-15(9-12)20-16(19-13)11-4-3-10-2-1-7-18-14(10)8-11/h1-9H,(H,19,20). The molecule has 0 aliphatic carbocycles. The third kappa shape index (κ3) is 1.84. The summed E-state index contributed by atoms with van der Waals surface area (Å²) >= 11 is 5.99. The Hall–Kier alpha value is -2.39. The number of rotatable bonds is 1. The van der Waals surface area contributed by atoms with E-state index in [2.05, 4.69) is 21.0 Å². The number of nitrogens with one attached hydrogen (secondary N) is 1. The summed E-state index contributed by atoms with van der Waals surface area (Å²) in [5, 5.41) is 1.82. The highest BCUT2D eigenvalue weighted by Gasteiger charge is 2.06. The fourth-order valence-corrected chi connectivity index (χ4v) is 2.50. The maximum absolute atomic E-state index is 5.99. The van der Waals surface area contributed by atoms with Crippen LogP contribution in [0.2, 0.25) is 5.02 Å². The summed E-state index contributed by atoms with van der Waals surface area (Å²) in [6, 6.07) is 15.8. The average Bonchev–Trinajstić information content (AvgIpc) is 2.89. The van der Waals surface area contributed by atoms with E-state index in [0.29, 0.717) is 5.02 Å². The Morgan fingerprint density at radius 2 is 1.90 bits per heavy atom. The van der Waals surface area contributed by atoms with E-state index in [9.17, 15) is 0 Å². The van der Waals surface area contributed by atoms with Crippen LogP contribution in [0, 0.1) is 0 Å². The van der Waals surface area contributed by atoms with Crippen molar-refractivity contribution >= 4 is 33.5 Å². The Kier molecular flexibility index (Phi) is 2.47. The summed E-state index contributed by atoms with van der Waals surface area (Å²) in [6.07, 6.45) is 1.80. The van der Waals surface area contributed by atoms with Crippen LogP contribution in [0.4, 0.5) is 0 Å². The summed E-state index contributed by atoms with van der Waals surface area (Å²) in [7, 11) is 0. The van der Waals surface area contributed by atoms with Gasteiger partial charge in [0.05, 0.1) is 16.6 Å². The van der Waals surface area contributed by atoms with Crippen LogP contribution in [-0.2, 0) is 0 Å². The molecule has 0 unspecified atom stereocenters. The molecular weight excluding hydrogens is 270 g/mol. The molecule has 96 valence electrons. The van der Waals surface area contributed by atoms with Gasteiger partial charge in [0.1, 0.15) is 5.82 Å². The van der Waals surface area contributed by atoms with E-state index in [4.69, 9.17) is 11.6 Å². The number of benzene rings is 2. The van der Waals surface area contributed by atoms with Gasteiger partial charge in [0.15, 0.2) is 0 Å². The highest BCUT2D eigenvalue weighted by Crippen LogP contribution is 2.25. The van der Waals surface area contributed by atoms with Gasteiger partial charge in [-0.3, -0.25) is 4.98 Å². The Morgan fingerprint density at radius 1 is 0.950 bits per heavy atom. The number of aromatic amines is 1. The minimum absolute atomic E-state index is 0.702.